The third-order valence-electron chi connectivity index (χ3n) is 6.57. The van der Waals surface area contributed by atoms with Gasteiger partial charge in [0.15, 0.2) is 5.11 Å². The van der Waals surface area contributed by atoms with Gasteiger partial charge in [-0.25, -0.2) is 0 Å². The number of aromatic nitrogens is 2. The van der Waals surface area contributed by atoms with E-state index >= 15 is 0 Å². The zero-order chi connectivity index (χ0) is 22.1. The van der Waals surface area contributed by atoms with Crippen LogP contribution in [0, 0.1) is 0 Å². The summed E-state index contributed by atoms with van der Waals surface area (Å²) < 4.78 is 13.5. The zero-order valence-electron chi connectivity index (χ0n) is 18.4. The standard InChI is InChI=1S/C25H28N4O2S/c1-30-19-10-11-21(22(15-19)31-2)29-24(17-12-14-28(16-17)18-7-3-4-8-18)23(27-25(29)32)20-9-5-6-13-26-20/h5-6,9-16,18,23-24H,3-4,7-8H2,1-2H3,(H,27,32)/t23-,24+/m0/s1. The maximum atomic E-state index is 5.85. The van der Waals surface area contributed by atoms with Gasteiger partial charge in [0.25, 0.3) is 0 Å². The van der Waals surface area contributed by atoms with Gasteiger partial charge in [-0.05, 0) is 61.0 Å². The predicted molar refractivity (Wildman–Crippen MR) is 129 cm³/mol. The van der Waals surface area contributed by atoms with Gasteiger partial charge in [0.1, 0.15) is 11.5 Å². The van der Waals surface area contributed by atoms with Crippen molar-refractivity contribution < 1.29 is 9.47 Å². The predicted octanol–water partition coefficient (Wildman–Crippen LogP) is 5.19. The first-order valence-corrected chi connectivity index (χ1v) is 11.5. The Bertz CT molecular complexity index is 1090. The molecule has 1 saturated heterocycles. The molecule has 0 bridgehead atoms. The van der Waals surface area contributed by atoms with Crippen molar-refractivity contribution in [3.05, 3.63) is 72.3 Å². The van der Waals surface area contributed by atoms with Crippen LogP contribution in [0.2, 0.25) is 0 Å². The summed E-state index contributed by atoms with van der Waals surface area (Å²) in [4.78, 5) is 6.80. The summed E-state index contributed by atoms with van der Waals surface area (Å²) >= 11 is 5.85. The molecule has 2 fully saturated rings. The van der Waals surface area contributed by atoms with Crippen LogP contribution in [0.4, 0.5) is 5.69 Å². The molecule has 0 spiro atoms. The second-order valence-corrected chi connectivity index (χ2v) is 8.75. The molecule has 166 valence electrons. The van der Waals surface area contributed by atoms with Crippen LogP contribution >= 0.6 is 12.2 Å². The second-order valence-electron chi connectivity index (χ2n) is 8.36. The van der Waals surface area contributed by atoms with Gasteiger partial charge >= 0.3 is 0 Å². The molecule has 0 radical (unpaired) electrons. The molecule has 3 heterocycles. The summed E-state index contributed by atoms with van der Waals surface area (Å²) in [7, 11) is 3.33. The molecule has 1 aromatic carbocycles. The highest BCUT2D eigenvalue weighted by atomic mass is 32.1. The van der Waals surface area contributed by atoms with Crippen LogP contribution in [0.1, 0.15) is 55.1 Å². The first-order valence-electron chi connectivity index (χ1n) is 11.1. The molecule has 1 aliphatic heterocycles. The minimum Gasteiger partial charge on any atom is -0.497 e. The van der Waals surface area contributed by atoms with Gasteiger partial charge in [-0.15, -0.1) is 0 Å². The van der Waals surface area contributed by atoms with Crippen molar-refractivity contribution in [2.75, 3.05) is 19.1 Å². The molecule has 6 nitrogen and oxygen atoms in total. The number of methoxy groups -OCH3 is 2. The smallest absolute Gasteiger partial charge is 0.174 e. The molecule has 7 heteroatoms. The van der Waals surface area contributed by atoms with Crippen molar-refractivity contribution in [3.63, 3.8) is 0 Å². The topological polar surface area (TPSA) is 51.5 Å². The minimum absolute atomic E-state index is 0.0534. The maximum Gasteiger partial charge on any atom is 0.174 e. The van der Waals surface area contributed by atoms with Crippen molar-refractivity contribution in [1.82, 2.24) is 14.9 Å². The second kappa shape index (κ2) is 8.82. The third kappa shape index (κ3) is 3.71. The number of thiocarbonyl (C=S) groups is 1. The number of pyridine rings is 1. The minimum atomic E-state index is -0.0741. The molecule has 0 amide bonds. The molecule has 3 aromatic rings. The third-order valence-corrected chi connectivity index (χ3v) is 6.88. The molecule has 1 saturated carbocycles. The van der Waals surface area contributed by atoms with Crippen molar-refractivity contribution >= 4 is 23.0 Å². The van der Waals surface area contributed by atoms with Crippen LogP contribution in [-0.4, -0.2) is 28.9 Å². The molecule has 1 N–H and O–H groups in total. The van der Waals surface area contributed by atoms with Gasteiger partial charge in [-0.3, -0.25) is 4.98 Å². The summed E-state index contributed by atoms with van der Waals surface area (Å²) in [5.41, 5.74) is 3.07. The van der Waals surface area contributed by atoms with Gasteiger partial charge < -0.3 is 24.3 Å². The quantitative estimate of drug-likeness (QED) is 0.524. The fourth-order valence-electron chi connectivity index (χ4n) is 4.97. The van der Waals surface area contributed by atoms with Gasteiger partial charge in [-0.1, -0.05) is 18.9 Å². The number of hydrogen-bond donors (Lipinski definition) is 1. The molecule has 1 aliphatic carbocycles. The SMILES string of the molecule is COc1ccc(N2C(=S)N[C@@H](c3ccccn3)[C@H]2c2ccn(C3CCCC3)c2)c(OC)c1. The van der Waals surface area contributed by atoms with Crippen molar-refractivity contribution in [1.29, 1.82) is 0 Å². The Morgan fingerprint density at radius 3 is 2.62 bits per heavy atom. The number of benzene rings is 1. The first-order chi connectivity index (χ1) is 15.7. The lowest BCUT2D eigenvalue weighted by atomic mass is 9.98. The van der Waals surface area contributed by atoms with E-state index in [4.69, 9.17) is 21.7 Å². The highest BCUT2D eigenvalue weighted by Gasteiger charge is 2.42. The van der Waals surface area contributed by atoms with E-state index in [-0.39, 0.29) is 12.1 Å². The van der Waals surface area contributed by atoms with Crippen LogP contribution in [-0.2, 0) is 0 Å². The van der Waals surface area contributed by atoms with Gasteiger partial charge in [0, 0.05) is 30.7 Å². The maximum absolute atomic E-state index is 5.85. The Labute approximate surface area is 194 Å². The molecule has 2 aliphatic rings. The van der Waals surface area contributed by atoms with E-state index in [1.54, 1.807) is 14.2 Å². The number of ether oxygens (including phenoxy) is 2. The van der Waals surface area contributed by atoms with Crippen LogP contribution in [0.5, 0.6) is 11.5 Å². The normalized spacial score (nSPS) is 21.1. The monoisotopic (exact) mass is 448 g/mol. The van der Waals surface area contributed by atoms with Crippen LogP contribution in [0.25, 0.3) is 0 Å². The fraction of sp³-hybridized carbons (Fsp3) is 0.360. The molecule has 5 rings (SSSR count). The average Bonchev–Trinajstić information content (AvgIpc) is 3.59. The molecule has 32 heavy (non-hydrogen) atoms. The van der Waals surface area contributed by atoms with E-state index in [0.717, 1.165) is 22.9 Å². The average molecular weight is 449 g/mol. The van der Waals surface area contributed by atoms with E-state index in [1.807, 2.05) is 36.5 Å². The lowest BCUT2D eigenvalue weighted by Crippen LogP contribution is -2.29. The molecule has 2 aromatic heterocycles. The lowest BCUT2D eigenvalue weighted by molar-refractivity contribution is 0.394. The van der Waals surface area contributed by atoms with E-state index in [1.165, 1.54) is 31.2 Å². The van der Waals surface area contributed by atoms with E-state index in [0.29, 0.717) is 11.2 Å². The largest absolute Gasteiger partial charge is 0.497 e. The van der Waals surface area contributed by atoms with Gasteiger partial charge in [-0.2, -0.15) is 0 Å². The van der Waals surface area contributed by atoms with Crippen LogP contribution in [0.15, 0.2) is 61.1 Å². The molecule has 0 unspecified atom stereocenters. The van der Waals surface area contributed by atoms with Crippen molar-refractivity contribution in [3.8, 4) is 11.5 Å². The highest BCUT2D eigenvalue weighted by molar-refractivity contribution is 7.80. The highest BCUT2D eigenvalue weighted by Crippen LogP contribution is 2.45. The Balaban J connectivity index is 1.59. The Hall–Kier alpha value is -3.06. The Morgan fingerprint density at radius 1 is 1.06 bits per heavy atom. The summed E-state index contributed by atoms with van der Waals surface area (Å²) in [6.07, 6.45) is 11.4. The zero-order valence-corrected chi connectivity index (χ0v) is 19.2. The summed E-state index contributed by atoms with van der Waals surface area (Å²) in [6.45, 7) is 0. The number of anilines is 1. The number of hydrogen-bond acceptors (Lipinski definition) is 4. The Morgan fingerprint density at radius 2 is 1.91 bits per heavy atom. The summed E-state index contributed by atoms with van der Waals surface area (Å²) in [6, 6.07) is 14.5. The van der Waals surface area contributed by atoms with E-state index in [2.05, 4.69) is 44.3 Å². The Kier molecular flexibility index (Phi) is 5.74. The van der Waals surface area contributed by atoms with Crippen LogP contribution < -0.4 is 19.7 Å². The number of nitrogens with zero attached hydrogens (tertiary/aromatic N) is 3. The van der Waals surface area contributed by atoms with Crippen molar-refractivity contribution in [2.24, 2.45) is 0 Å². The molecular formula is C25H28N4O2S. The molecular weight excluding hydrogens is 420 g/mol. The summed E-state index contributed by atoms with van der Waals surface area (Å²) in [5.74, 6) is 1.46. The first kappa shape index (κ1) is 20.8. The van der Waals surface area contributed by atoms with Crippen molar-refractivity contribution in [2.45, 2.75) is 43.8 Å². The number of nitrogens with one attached hydrogen (secondary N) is 1. The fourth-order valence-corrected chi connectivity index (χ4v) is 5.31. The van der Waals surface area contributed by atoms with Gasteiger partial charge in [0.05, 0.1) is 37.7 Å². The van der Waals surface area contributed by atoms with E-state index < -0.39 is 0 Å². The van der Waals surface area contributed by atoms with Gasteiger partial charge in [0.2, 0.25) is 0 Å². The number of rotatable bonds is 6. The molecule has 2 atom stereocenters. The lowest BCUT2D eigenvalue weighted by Gasteiger charge is -2.28. The summed E-state index contributed by atoms with van der Waals surface area (Å²) in [5, 5.41) is 4.18. The van der Waals surface area contributed by atoms with E-state index in [9.17, 15) is 0 Å². The van der Waals surface area contributed by atoms with Crippen LogP contribution in [0.3, 0.4) is 0 Å².